The van der Waals surface area contributed by atoms with Crippen molar-refractivity contribution in [3.8, 4) is 0 Å². The SMILES string of the molecule is Cc1cccc(NC(=O)c2cnon2)n1. The molecule has 2 rings (SSSR count). The van der Waals surface area contributed by atoms with Crippen molar-refractivity contribution in [2.75, 3.05) is 5.32 Å². The molecule has 0 aromatic carbocycles. The van der Waals surface area contributed by atoms with Gasteiger partial charge in [0, 0.05) is 5.69 Å². The molecule has 2 aromatic heterocycles. The van der Waals surface area contributed by atoms with Crippen LogP contribution in [0.25, 0.3) is 0 Å². The predicted octanol–water partition coefficient (Wildman–Crippen LogP) is 1.03. The molecule has 1 N–H and O–H groups in total. The Morgan fingerprint density at radius 1 is 1.47 bits per heavy atom. The maximum atomic E-state index is 11.5. The highest BCUT2D eigenvalue weighted by Crippen LogP contribution is 2.05. The van der Waals surface area contributed by atoms with E-state index in [4.69, 9.17) is 0 Å². The fourth-order valence-electron chi connectivity index (χ4n) is 1.06. The highest BCUT2D eigenvalue weighted by molar-refractivity contribution is 6.01. The largest absolute Gasteiger partial charge is 0.305 e. The number of hydrogen-bond donors (Lipinski definition) is 1. The maximum absolute atomic E-state index is 11.5. The molecule has 0 spiro atoms. The minimum atomic E-state index is -0.394. The van der Waals surface area contributed by atoms with Crippen LogP contribution in [0, 0.1) is 6.92 Å². The van der Waals surface area contributed by atoms with Gasteiger partial charge in [-0.1, -0.05) is 11.2 Å². The van der Waals surface area contributed by atoms with Gasteiger partial charge >= 0.3 is 0 Å². The molecule has 1 amide bonds. The molecule has 0 fully saturated rings. The van der Waals surface area contributed by atoms with Gasteiger partial charge in [-0.2, -0.15) is 0 Å². The topological polar surface area (TPSA) is 80.9 Å². The van der Waals surface area contributed by atoms with E-state index in [-0.39, 0.29) is 5.69 Å². The molecule has 0 saturated carbocycles. The number of nitrogens with zero attached hydrogens (tertiary/aromatic N) is 3. The van der Waals surface area contributed by atoms with Crippen LogP contribution in [0.1, 0.15) is 16.2 Å². The van der Waals surface area contributed by atoms with Gasteiger partial charge in [0.05, 0.1) is 0 Å². The zero-order valence-electron chi connectivity index (χ0n) is 7.97. The third-order valence-corrected chi connectivity index (χ3v) is 1.72. The van der Waals surface area contributed by atoms with Gasteiger partial charge in [-0.15, -0.1) is 0 Å². The predicted molar refractivity (Wildman–Crippen MR) is 51.2 cm³/mol. The maximum Gasteiger partial charge on any atom is 0.280 e. The number of anilines is 1. The minimum Gasteiger partial charge on any atom is -0.305 e. The van der Waals surface area contributed by atoms with Crippen LogP contribution in [-0.2, 0) is 0 Å². The van der Waals surface area contributed by atoms with E-state index >= 15 is 0 Å². The molecular weight excluding hydrogens is 196 g/mol. The lowest BCUT2D eigenvalue weighted by Gasteiger charge is -2.01. The molecule has 0 aliphatic heterocycles. The van der Waals surface area contributed by atoms with Crippen molar-refractivity contribution in [3.63, 3.8) is 0 Å². The van der Waals surface area contributed by atoms with Crippen LogP contribution in [0.4, 0.5) is 5.82 Å². The fourth-order valence-corrected chi connectivity index (χ4v) is 1.06. The van der Waals surface area contributed by atoms with E-state index in [0.29, 0.717) is 5.82 Å². The normalized spacial score (nSPS) is 9.93. The van der Waals surface area contributed by atoms with Gasteiger partial charge in [0.1, 0.15) is 12.0 Å². The first-order valence-corrected chi connectivity index (χ1v) is 4.28. The quantitative estimate of drug-likeness (QED) is 0.789. The first-order valence-electron chi connectivity index (χ1n) is 4.28. The fraction of sp³-hybridized carbons (Fsp3) is 0.111. The second-order valence-electron chi connectivity index (χ2n) is 2.91. The molecular formula is C9H8N4O2. The summed E-state index contributed by atoms with van der Waals surface area (Å²) in [7, 11) is 0. The van der Waals surface area contributed by atoms with Crippen molar-refractivity contribution in [1.82, 2.24) is 15.3 Å². The third kappa shape index (κ3) is 2.16. The summed E-state index contributed by atoms with van der Waals surface area (Å²) < 4.78 is 4.32. The molecule has 6 heteroatoms. The summed E-state index contributed by atoms with van der Waals surface area (Å²) in [5.74, 6) is 0.0809. The molecule has 0 aliphatic rings. The van der Waals surface area contributed by atoms with E-state index in [1.165, 1.54) is 6.20 Å². The van der Waals surface area contributed by atoms with Gasteiger partial charge in [0.15, 0.2) is 5.69 Å². The smallest absolute Gasteiger partial charge is 0.280 e. The molecule has 0 radical (unpaired) electrons. The molecule has 0 bridgehead atoms. The van der Waals surface area contributed by atoms with Crippen LogP contribution in [0.15, 0.2) is 29.0 Å². The number of nitrogens with one attached hydrogen (secondary N) is 1. The molecule has 0 atom stereocenters. The molecule has 15 heavy (non-hydrogen) atoms. The summed E-state index contributed by atoms with van der Waals surface area (Å²) in [4.78, 5) is 15.6. The van der Waals surface area contributed by atoms with Gasteiger partial charge in [0.2, 0.25) is 0 Å². The Labute approximate surface area is 85.3 Å². The van der Waals surface area contributed by atoms with E-state index in [2.05, 4.69) is 25.2 Å². The molecule has 6 nitrogen and oxygen atoms in total. The van der Waals surface area contributed by atoms with Crippen LogP contribution >= 0.6 is 0 Å². The van der Waals surface area contributed by atoms with Gasteiger partial charge in [-0.05, 0) is 24.2 Å². The standard InChI is InChI=1S/C9H8N4O2/c1-6-3-2-4-8(11-6)12-9(14)7-5-10-15-13-7/h2-5H,1H3,(H,11,12,14). The van der Waals surface area contributed by atoms with Crippen LogP contribution in [0.2, 0.25) is 0 Å². The van der Waals surface area contributed by atoms with Crippen molar-refractivity contribution in [2.24, 2.45) is 0 Å². The Kier molecular flexibility index (Phi) is 2.40. The monoisotopic (exact) mass is 204 g/mol. The summed E-state index contributed by atoms with van der Waals surface area (Å²) >= 11 is 0. The number of aryl methyl sites for hydroxylation is 1. The second-order valence-corrected chi connectivity index (χ2v) is 2.91. The zero-order chi connectivity index (χ0) is 10.7. The van der Waals surface area contributed by atoms with E-state index in [1.807, 2.05) is 13.0 Å². The van der Waals surface area contributed by atoms with Crippen LogP contribution in [0.3, 0.4) is 0 Å². The van der Waals surface area contributed by atoms with Crippen LogP contribution in [-0.4, -0.2) is 21.2 Å². The molecule has 0 unspecified atom stereocenters. The van der Waals surface area contributed by atoms with E-state index in [0.717, 1.165) is 5.69 Å². The van der Waals surface area contributed by atoms with E-state index in [1.54, 1.807) is 12.1 Å². The van der Waals surface area contributed by atoms with Crippen LogP contribution < -0.4 is 5.32 Å². The first-order chi connectivity index (χ1) is 7.25. The number of amides is 1. The first kappa shape index (κ1) is 9.32. The molecule has 2 aromatic rings. The Hall–Kier alpha value is -2.24. The molecule has 0 aliphatic carbocycles. The highest BCUT2D eigenvalue weighted by atomic mass is 16.6. The molecule has 76 valence electrons. The second kappa shape index (κ2) is 3.87. The summed E-state index contributed by atoms with van der Waals surface area (Å²) in [6.45, 7) is 1.84. The van der Waals surface area contributed by atoms with Crippen molar-refractivity contribution >= 4 is 11.7 Å². The van der Waals surface area contributed by atoms with E-state index < -0.39 is 5.91 Å². The number of carbonyl (C=O) groups excluding carboxylic acids is 1. The molecule has 2 heterocycles. The number of pyridine rings is 1. The molecule has 0 saturated heterocycles. The van der Waals surface area contributed by atoms with E-state index in [9.17, 15) is 4.79 Å². The Balaban J connectivity index is 2.13. The summed E-state index contributed by atoms with van der Waals surface area (Å²) in [5.41, 5.74) is 0.949. The summed E-state index contributed by atoms with van der Waals surface area (Å²) in [6, 6.07) is 5.34. The van der Waals surface area contributed by atoms with Crippen molar-refractivity contribution in [3.05, 3.63) is 35.8 Å². The minimum absolute atomic E-state index is 0.123. The lowest BCUT2D eigenvalue weighted by atomic mass is 10.3. The van der Waals surface area contributed by atoms with Gasteiger partial charge in [-0.25, -0.2) is 9.61 Å². The number of hydrogen-bond acceptors (Lipinski definition) is 5. The number of aromatic nitrogens is 3. The lowest BCUT2D eigenvalue weighted by Crippen LogP contribution is -2.13. The Bertz CT molecular complexity index is 467. The average Bonchev–Trinajstić information content (AvgIpc) is 2.70. The van der Waals surface area contributed by atoms with Gasteiger partial charge in [-0.3, -0.25) is 4.79 Å². The Morgan fingerprint density at radius 2 is 2.33 bits per heavy atom. The van der Waals surface area contributed by atoms with Crippen LogP contribution in [0.5, 0.6) is 0 Å². The number of carbonyl (C=O) groups is 1. The highest BCUT2D eigenvalue weighted by Gasteiger charge is 2.10. The summed E-state index contributed by atoms with van der Waals surface area (Å²) in [5, 5.41) is 9.32. The van der Waals surface area contributed by atoms with Gasteiger partial charge < -0.3 is 5.32 Å². The van der Waals surface area contributed by atoms with Crippen molar-refractivity contribution in [2.45, 2.75) is 6.92 Å². The third-order valence-electron chi connectivity index (χ3n) is 1.72. The van der Waals surface area contributed by atoms with Crippen molar-refractivity contribution in [1.29, 1.82) is 0 Å². The average molecular weight is 204 g/mol. The Morgan fingerprint density at radius 3 is 3.00 bits per heavy atom. The van der Waals surface area contributed by atoms with Gasteiger partial charge in [0.25, 0.3) is 5.91 Å². The lowest BCUT2D eigenvalue weighted by molar-refractivity contribution is 0.101. The van der Waals surface area contributed by atoms with Crippen molar-refractivity contribution < 1.29 is 9.42 Å². The summed E-state index contributed by atoms with van der Waals surface area (Å²) in [6.07, 6.45) is 1.24. The number of rotatable bonds is 2. The zero-order valence-corrected chi connectivity index (χ0v) is 7.97.